The Morgan fingerprint density at radius 1 is 1.12 bits per heavy atom. The van der Waals surface area contributed by atoms with Crippen molar-refractivity contribution in [3.63, 3.8) is 0 Å². The number of sulfonamides is 1. The molecule has 2 amide bonds. The van der Waals surface area contributed by atoms with Crippen molar-refractivity contribution < 1.29 is 22.4 Å². The standard InChI is InChI=1S/C23H19ClFN3O4S/c1-28(17-5-3-16(25)4-6-17)33(31,32)18-7-8-20(24)19(12-18)23(30)26-13-14-2-9-21-15(10-14)11-22(29)27-21/h2-10,12H,11,13H2,1H3,(H,26,30)(H,27,29). The molecule has 1 aliphatic rings. The van der Waals surface area contributed by atoms with Crippen LogP contribution in [-0.4, -0.2) is 27.3 Å². The van der Waals surface area contributed by atoms with Gasteiger partial charge in [-0.3, -0.25) is 13.9 Å². The van der Waals surface area contributed by atoms with Crippen molar-refractivity contribution in [1.82, 2.24) is 5.32 Å². The topological polar surface area (TPSA) is 95.6 Å². The zero-order valence-corrected chi connectivity index (χ0v) is 19.0. The second-order valence-electron chi connectivity index (χ2n) is 7.49. The molecule has 0 spiro atoms. The number of benzene rings is 3. The number of halogens is 2. The highest BCUT2D eigenvalue weighted by Gasteiger charge is 2.24. The van der Waals surface area contributed by atoms with E-state index in [2.05, 4.69) is 10.6 Å². The van der Waals surface area contributed by atoms with Crippen LogP contribution in [0.15, 0.2) is 65.6 Å². The highest BCUT2D eigenvalue weighted by atomic mass is 35.5. The highest BCUT2D eigenvalue weighted by molar-refractivity contribution is 7.92. The lowest BCUT2D eigenvalue weighted by Crippen LogP contribution is -2.27. The van der Waals surface area contributed by atoms with Gasteiger partial charge in [0.25, 0.3) is 15.9 Å². The van der Waals surface area contributed by atoms with Crippen LogP contribution in [0.3, 0.4) is 0 Å². The third kappa shape index (κ3) is 4.69. The molecule has 0 atom stereocenters. The van der Waals surface area contributed by atoms with E-state index in [-0.39, 0.29) is 40.0 Å². The summed E-state index contributed by atoms with van der Waals surface area (Å²) in [5.74, 6) is -1.11. The van der Waals surface area contributed by atoms with Gasteiger partial charge in [0.05, 0.1) is 27.6 Å². The van der Waals surface area contributed by atoms with Crippen molar-refractivity contribution in [3.8, 4) is 0 Å². The Balaban J connectivity index is 1.53. The molecular weight excluding hydrogens is 469 g/mol. The average molecular weight is 488 g/mol. The first-order valence-corrected chi connectivity index (χ1v) is 11.7. The van der Waals surface area contributed by atoms with Gasteiger partial charge in [-0.05, 0) is 59.7 Å². The zero-order valence-electron chi connectivity index (χ0n) is 17.4. The zero-order chi connectivity index (χ0) is 23.8. The molecule has 0 saturated heterocycles. The summed E-state index contributed by atoms with van der Waals surface area (Å²) in [4.78, 5) is 24.1. The summed E-state index contributed by atoms with van der Waals surface area (Å²) in [5, 5.41) is 5.57. The van der Waals surface area contributed by atoms with Crippen molar-refractivity contribution >= 4 is 44.8 Å². The monoisotopic (exact) mass is 487 g/mol. The van der Waals surface area contributed by atoms with Gasteiger partial charge in [0.2, 0.25) is 5.91 Å². The van der Waals surface area contributed by atoms with Crippen molar-refractivity contribution in [3.05, 3.63) is 88.2 Å². The molecule has 0 aliphatic carbocycles. The van der Waals surface area contributed by atoms with Gasteiger partial charge in [0.1, 0.15) is 5.82 Å². The summed E-state index contributed by atoms with van der Waals surface area (Å²) in [7, 11) is -2.69. The van der Waals surface area contributed by atoms with Crippen LogP contribution in [-0.2, 0) is 27.8 Å². The number of amides is 2. The van der Waals surface area contributed by atoms with Gasteiger partial charge in [0, 0.05) is 19.3 Å². The first-order valence-electron chi connectivity index (χ1n) is 9.89. The molecule has 3 aromatic carbocycles. The molecule has 0 bridgehead atoms. The quantitative estimate of drug-likeness (QED) is 0.554. The number of hydrogen-bond donors (Lipinski definition) is 2. The van der Waals surface area contributed by atoms with Crippen LogP contribution in [0.1, 0.15) is 21.5 Å². The molecule has 33 heavy (non-hydrogen) atoms. The number of fused-ring (bicyclic) bond motifs is 1. The summed E-state index contributed by atoms with van der Waals surface area (Å²) >= 11 is 6.17. The summed E-state index contributed by atoms with van der Waals surface area (Å²) in [6.45, 7) is 0.170. The van der Waals surface area contributed by atoms with Crippen molar-refractivity contribution in [2.75, 3.05) is 16.7 Å². The maximum Gasteiger partial charge on any atom is 0.264 e. The predicted molar refractivity (Wildman–Crippen MR) is 123 cm³/mol. The van der Waals surface area contributed by atoms with Gasteiger partial charge in [0.15, 0.2) is 0 Å². The van der Waals surface area contributed by atoms with E-state index >= 15 is 0 Å². The van der Waals surface area contributed by atoms with Crippen LogP contribution in [0.5, 0.6) is 0 Å². The maximum atomic E-state index is 13.2. The molecule has 3 aromatic rings. The highest BCUT2D eigenvalue weighted by Crippen LogP contribution is 2.27. The molecule has 0 saturated carbocycles. The number of nitrogens with zero attached hydrogens (tertiary/aromatic N) is 1. The predicted octanol–water partition coefficient (Wildman–Crippen LogP) is 3.73. The molecule has 1 aliphatic heterocycles. The van der Waals surface area contributed by atoms with Gasteiger partial charge in [-0.1, -0.05) is 23.7 Å². The number of hydrogen-bond acceptors (Lipinski definition) is 4. The fraction of sp³-hybridized carbons (Fsp3) is 0.130. The van der Waals surface area contributed by atoms with E-state index in [1.54, 1.807) is 12.1 Å². The fourth-order valence-electron chi connectivity index (χ4n) is 3.46. The van der Waals surface area contributed by atoms with Gasteiger partial charge in [-0.25, -0.2) is 12.8 Å². The second-order valence-corrected chi connectivity index (χ2v) is 9.87. The molecule has 1 heterocycles. The lowest BCUT2D eigenvalue weighted by atomic mass is 10.1. The molecule has 10 heteroatoms. The maximum absolute atomic E-state index is 13.2. The minimum Gasteiger partial charge on any atom is -0.348 e. The molecule has 0 aromatic heterocycles. The third-order valence-electron chi connectivity index (χ3n) is 5.28. The van der Waals surface area contributed by atoms with Crippen LogP contribution in [0.4, 0.5) is 15.8 Å². The molecular formula is C23H19ClFN3O4S. The Morgan fingerprint density at radius 3 is 2.58 bits per heavy atom. The van der Waals surface area contributed by atoms with Gasteiger partial charge in [-0.15, -0.1) is 0 Å². The number of rotatable bonds is 6. The first-order chi connectivity index (χ1) is 15.6. The Bertz CT molecular complexity index is 1360. The lowest BCUT2D eigenvalue weighted by molar-refractivity contribution is -0.115. The van der Waals surface area contributed by atoms with Crippen LogP contribution in [0, 0.1) is 5.82 Å². The van der Waals surface area contributed by atoms with E-state index < -0.39 is 21.7 Å². The largest absolute Gasteiger partial charge is 0.348 e. The number of nitrogens with one attached hydrogen (secondary N) is 2. The average Bonchev–Trinajstić information content (AvgIpc) is 3.17. The van der Waals surface area contributed by atoms with E-state index in [4.69, 9.17) is 11.6 Å². The van der Waals surface area contributed by atoms with Gasteiger partial charge in [-0.2, -0.15) is 0 Å². The third-order valence-corrected chi connectivity index (χ3v) is 7.39. The molecule has 0 fully saturated rings. The van der Waals surface area contributed by atoms with Crippen LogP contribution in [0.25, 0.3) is 0 Å². The SMILES string of the molecule is CN(c1ccc(F)cc1)S(=O)(=O)c1ccc(Cl)c(C(=O)NCc2ccc3c(c2)CC(=O)N3)c1. The minimum absolute atomic E-state index is 0.00301. The van der Waals surface area contributed by atoms with E-state index in [0.717, 1.165) is 33.3 Å². The van der Waals surface area contributed by atoms with E-state index in [0.29, 0.717) is 0 Å². The molecule has 7 nitrogen and oxygen atoms in total. The molecule has 0 radical (unpaired) electrons. The molecule has 0 unspecified atom stereocenters. The smallest absolute Gasteiger partial charge is 0.264 e. The van der Waals surface area contributed by atoms with Gasteiger partial charge >= 0.3 is 0 Å². The van der Waals surface area contributed by atoms with E-state index in [1.165, 1.54) is 37.4 Å². The molecule has 4 rings (SSSR count). The number of carbonyl (C=O) groups excluding carboxylic acids is 2. The van der Waals surface area contributed by atoms with E-state index in [1.807, 2.05) is 6.07 Å². The Hall–Kier alpha value is -3.43. The fourth-order valence-corrected chi connectivity index (χ4v) is 4.88. The summed E-state index contributed by atoms with van der Waals surface area (Å²) in [6, 6.07) is 14.2. The number of anilines is 2. The minimum atomic E-state index is -4.02. The van der Waals surface area contributed by atoms with Crippen molar-refractivity contribution in [2.45, 2.75) is 17.9 Å². The Kier molecular flexibility index (Phi) is 6.09. The number of carbonyl (C=O) groups is 2. The van der Waals surface area contributed by atoms with Gasteiger partial charge < -0.3 is 10.6 Å². The summed E-state index contributed by atoms with van der Waals surface area (Å²) in [6.07, 6.45) is 0.282. The first kappa shape index (κ1) is 22.8. The molecule has 170 valence electrons. The van der Waals surface area contributed by atoms with Crippen LogP contribution in [0.2, 0.25) is 5.02 Å². The van der Waals surface area contributed by atoms with Crippen molar-refractivity contribution in [1.29, 1.82) is 0 Å². The molecule has 2 N–H and O–H groups in total. The lowest BCUT2D eigenvalue weighted by Gasteiger charge is -2.20. The van der Waals surface area contributed by atoms with E-state index in [9.17, 15) is 22.4 Å². The Morgan fingerprint density at radius 2 is 1.85 bits per heavy atom. The van der Waals surface area contributed by atoms with Crippen LogP contribution >= 0.6 is 11.6 Å². The second kappa shape index (κ2) is 8.84. The van der Waals surface area contributed by atoms with Crippen LogP contribution < -0.4 is 14.9 Å². The summed E-state index contributed by atoms with van der Waals surface area (Å²) < 4.78 is 40.3. The van der Waals surface area contributed by atoms with Crippen molar-refractivity contribution in [2.24, 2.45) is 0 Å². The normalized spacial score (nSPS) is 12.8. The Labute approximate surface area is 195 Å². The summed E-state index contributed by atoms with van der Waals surface area (Å²) in [5.41, 5.74) is 2.66.